The van der Waals surface area contributed by atoms with Crippen molar-refractivity contribution in [2.75, 3.05) is 44.2 Å². The first-order valence-electron chi connectivity index (χ1n) is 11.9. The molecule has 0 spiro atoms. The number of rotatable bonds is 6. The van der Waals surface area contributed by atoms with E-state index in [9.17, 15) is 14.4 Å². The lowest BCUT2D eigenvalue weighted by Gasteiger charge is -2.52. The molecular weight excluding hydrogens is 406 g/mol. The molecule has 2 heterocycles. The number of hydrogen-bond acceptors (Lipinski definition) is 6. The van der Waals surface area contributed by atoms with Gasteiger partial charge in [-0.2, -0.15) is 5.06 Å². The molecule has 2 aliphatic heterocycles. The van der Waals surface area contributed by atoms with Crippen molar-refractivity contribution in [3.8, 4) is 0 Å². The second-order valence-electron chi connectivity index (χ2n) is 10.3. The molecule has 3 saturated carbocycles. The quantitative estimate of drug-likeness (QED) is 0.501. The largest absolute Gasteiger partial charge is 0.369 e. The van der Waals surface area contributed by atoms with Crippen molar-refractivity contribution >= 4 is 23.3 Å². The molecule has 6 rings (SSSR count). The van der Waals surface area contributed by atoms with E-state index in [0.29, 0.717) is 13.0 Å². The number of ketones is 1. The van der Waals surface area contributed by atoms with Gasteiger partial charge in [-0.3, -0.25) is 24.1 Å². The number of nitrogens with zero attached hydrogens (tertiary/aromatic N) is 3. The molecule has 5 atom stereocenters. The number of benzene rings is 1. The summed E-state index contributed by atoms with van der Waals surface area (Å²) in [5.41, 5.74) is 0.845. The Kier molecular flexibility index (Phi) is 5.58. The minimum Gasteiger partial charge on any atom is -0.369 e. The highest BCUT2D eigenvalue weighted by Crippen LogP contribution is 2.60. The van der Waals surface area contributed by atoms with E-state index in [0.717, 1.165) is 50.6 Å². The van der Waals surface area contributed by atoms with Gasteiger partial charge in [-0.15, -0.1) is 0 Å². The monoisotopic (exact) mass is 439 g/mol. The fourth-order valence-electron chi connectivity index (χ4n) is 6.76. The average Bonchev–Trinajstić information content (AvgIpc) is 3.03. The third kappa shape index (κ3) is 3.55. The number of Topliss-reactive ketones (excluding diaryl/α,β-unsaturated/α-hetero) is 1. The predicted octanol–water partition coefficient (Wildman–Crippen LogP) is 2.37. The highest BCUT2D eigenvalue weighted by Gasteiger charge is 2.67. The van der Waals surface area contributed by atoms with E-state index in [1.807, 2.05) is 19.9 Å². The summed E-state index contributed by atoms with van der Waals surface area (Å²) in [6.45, 7) is 9.20. The van der Waals surface area contributed by atoms with Gasteiger partial charge in [0.15, 0.2) is 0 Å². The lowest BCUT2D eigenvalue weighted by Crippen LogP contribution is -2.56. The summed E-state index contributed by atoms with van der Waals surface area (Å²) < 4.78 is 0. The first kappa shape index (κ1) is 21.6. The number of para-hydroxylation sites is 1. The maximum atomic E-state index is 13.1. The van der Waals surface area contributed by atoms with Gasteiger partial charge in [0, 0.05) is 50.7 Å². The van der Waals surface area contributed by atoms with Crippen molar-refractivity contribution in [2.24, 2.45) is 29.1 Å². The van der Waals surface area contributed by atoms with Crippen LogP contribution >= 0.6 is 0 Å². The zero-order valence-electron chi connectivity index (χ0n) is 19.0. The number of carbonyl (C=O) groups is 3. The second-order valence-corrected chi connectivity index (χ2v) is 10.3. The molecule has 2 bridgehead atoms. The van der Waals surface area contributed by atoms with Crippen molar-refractivity contribution in [3.63, 3.8) is 0 Å². The summed E-state index contributed by atoms with van der Waals surface area (Å²) in [6, 6.07) is 10.5. The minimum atomic E-state index is -0.524. The molecule has 7 nitrogen and oxygen atoms in total. The average molecular weight is 440 g/mol. The molecule has 1 aromatic carbocycles. The van der Waals surface area contributed by atoms with Crippen LogP contribution in [0.1, 0.15) is 33.1 Å². The van der Waals surface area contributed by atoms with E-state index in [-0.39, 0.29) is 29.4 Å². The lowest BCUT2D eigenvalue weighted by atomic mass is 9.48. The number of anilines is 1. The van der Waals surface area contributed by atoms with Crippen LogP contribution in [-0.2, 0) is 19.2 Å². The maximum absolute atomic E-state index is 13.1. The van der Waals surface area contributed by atoms with E-state index in [1.54, 1.807) is 0 Å². The van der Waals surface area contributed by atoms with Crippen LogP contribution in [0.15, 0.2) is 30.3 Å². The van der Waals surface area contributed by atoms with Gasteiger partial charge in [0.2, 0.25) is 0 Å². The van der Waals surface area contributed by atoms with Gasteiger partial charge in [-0.05, 0) is 36.3 Å². The Bertz CT molecular complexity index is 898. The normalized spacial score (nSPS) is 35.0. The van der Waals surface area contributed by atoms with Crippen LogP contribution in [0.25, 0.3) is 0 Å². The highest BCUT2D eigenvalue weighted by atomic mass is 16.7. The number of piperazine rings is 1. The van der Waals surface area contributed by atoms with Gasteiger partial charge in [-0.1, -0.05) is 32.0 Å². The van der Waals surface area contributed by atoms with Crippen molar-refractivity contribution < 1.29 is 19.2 Å². The molecule has 32 heavy (non-hydrogen) atoms. The Labute approximate surface area is 189 Å². The minimum absolute atomic E-state index is 0.144. The van der Waals surface area contributed by atoms with E-state index in [4.69, 9.17) is 4.84 Å². The molecule has 5 aliphatic rings. The molecule has 7 heteroatoms. The molecule has 3 unspecified atom stereocenters. The summed E-state index contributed by atoms with van der Waals surface area (Å²) in [5, 5.41) is 1.00. The molecule has 1 aromatic rings. The van der Waals surface area contributed by atoms with Crippen LogP contribution in [0.2, 0.25) is 0 Å². The van der Waals surface area contributed by atoms with Crippen molar-refractivity contribution in [1.29, 1.82) is 0 Å². The van der Waals surface area contributed by atoms with Gasteiger partial charge >= 0.3 is 0 Å². The molecule has 2 saturated heterocycles. The number of imide groups is 1. The summed E-state index contributed by atoms with van der Waals surface area (Å²) in [4.78, 5) is 49.2. The Hall–Kier alpha value is -2.25. The zero-order chi connectivity index (χ0) is 22.5. The maximum Gasteiger partial charge on any atom is 0.258 e. The van der Waals surface area contributed by atoms with E-state index < -0.39 is 17.3 Å². The zero-order valence-corrected chi connectivity index (χ0v) is 19.0. The number of fused-ring (bicyclic) bond motifs is 2. The summed E-state index contributed by atoms with van der Waals surface area (Å²) >= 11 is 0. The van der Waals surface area contributed by atoms with Gasteiger partial charge in [-0.25, -0.2) is 0 Å². The van der Waals surface area contributed by atoms with E-state index in [2.05, 4.69) is 34.1 Å². The Morgan fingerprint density at radius 2 is 1.72 bits per heavy atom. The fraction of sp³-hybridized carbons (Fsp3) is 0.640. The molecule has 2 amide bonds. The molecule has 0 N–H and O–H groups in total. The molecule has 3 aliphatic carbocycles. The number of hydrogen-bond donors (Lipinski definition) is 0. The third-order valence-electron chi connectivity index (χ3n) is 8.13. The van der Waals surface area contributed by atoms with Gasteiger partial charge < -0.3 is 4.90 Å². The van der Waals surface area contributed by atoms with Crippen molar-refractivity contribution in [2.45, 2.75) is 33.1 Å². The second kappa shape index (κ2) is 8.27. The lowest BCUT2D eigenvalue weighted by molar-refractivity contribution is -0.190. The Morgan fingerprint density at radius 1 is 1.00 bits per heavy atom. The first-order chi connectivity index (χ1) is 15.4. The molecule has 0 aromatic heterocycles. The SMILES string of the molecule is CC1C[C@]2(C)CC(=O)[C@H]1C1C(=O)N(OCCCN3CCN(c4ccccc4)CC3)C(=O)C12. The summed E-state index contributed by atoms with van der Waals surface area (Å²) in [7, 11) is 0. The van der Waals surface area contributed by atoms with Crippen LogP contribution in [0.3, 0.4) is 0 Å². The predicted molar refractivity (Wildman–Crippen MR) is 119 cm³/mol. The molecular formula is C25H33N3O4. The Morgan fingerprint density at radius 3 is 2.41 bits per heavy atom. The standard InChI is InChI=1S/C25H33N3O4/c1-17-15-25(2)16-19(29)20(17)21-22(25)24(31)28(23(21)30)32-14-6-9-26-10-12-27(13-11-26)18-7-4-3-5-8-18/h3-5,7-8,17,20-22H,6,9-16H2,1-2H3/t17?,20-,21?,22?,25+/m0/s1. The third-order valence-corrected chi connectivity index (χ3v) is 8.13. The van der Waals surface area contributed by atoms with Crippen LogP contribution in [0.4, 0.5) is 5.69 Å². The van der Waals surface area contributed by atoms with Gasteiger partial charge in [0.1, 0.15) is 5.78 Å². The highest BCUT2D eigenvalue weighted by molar-refractivity contribution is 6.08. The van der Waals surface area contributed by atoms with Crippen molar-refractivity contribution in [3.05, 3.63) is 30.3 Å². The van der Waals surface area contributed by atoms with E-state index in [1.165, 1.54) is 5.69 Å². The number of hydroxylamine groups is 2. The smallest absolute Gasteiger partial charge is 0.258 e. The molecule has 172 valence electrons. The Balaban J connectivity index is 1.11. The summed E-state index contributed by atoms with van der Waals surface area (Å²) in [5.74, 6) is -1.49. The summed E-state index contributed by atoms with van der Waals surface area (Å²) in [6.07, 6.45) is 1.99. The van der Waals surface area contributed by atoms with Gasteiger partial charge in [0.25, 0.3) is 11.8 Å². The topological polar surface area (TPSA) is 70.2 Å². The van der Waals surface area contributed by atoms with Crippen LogP contribution in [-0.4, -0.2) is 66.9 Å². The van der Waals surface area contributed by atoms with Crippen LogP contribution in [0, 0.1) is 29.1 Å². The van der Waals surface area contributed by atoms with Crippen LogP contribution in [0.5, 0.6) is 0 Å². The van der Waals surface area contributed by atoms with Crippen molar-refractivity contribution in [1.82, 2.24) is 9.96 Å². The number of amides is 2. The fourth-order valence-corrected chi connectivity index (χ4v) is 6.76. The van der Waals surface area contributed by atoms with Gasteiger partial charge in [0.05, 0.1) is 18.4 Å². The van der Waals surface area contributed by atoms with E-state index >= 15 is 0 Å². The number of carbonyl (C=O) groups excluding carboxylic acids is 3. The molecule has 0 radical (unpaired) electrons. The molecule has 5 fully saturated rings. The first-order valence-corrected chi connectivity index (χ1v) is 11.9. The van der Waals surface area contributed by atoms with Crippen LogP contribution < -0.4 is 4.90 Å².